The van der Waals surface area contributed by atoms with Gasteiger partial charge in [0.05, 0.1) is 5.56 Å². The molecule has 24 heavy (non-hydrogen) atoms. The third-order valence-corrected chi connectivity index (χ3v) is 3.91. The SMILES string of the molecule is O=C(Nc1ccc(NCc2cccnc2)nn1)c1ccccc1Br. The molecule has 0 fully saturated rings. The average Bonchev–Trinajstić information content (AvgIpc) is 2.62. The van der Waals surface area contributed by atoms with Crippen molar-refractivity contribution in [1.82, 2.24) is 15.2 Å². The van der Waals surface area contributed by atoms with Crippen LogP contribution in [0.2, 0.25) is 0 Å². The van der Waals surface area contributed by atoms with Gasteiger partial charge in [0.15, 0.2) is 5.82 Å². The second kappa shape index (κ2) is 7.65. The lowest BCUT2D eigenvalue weighted by Gasteiger charge is -2.07. The van der Waals surface area contributed by atoms with Crippen molar-refractivity contribution in [3.05, 3.63) is 76.5 Å². The van der Waals surface area contributed by atoms with Crippen LogP contribution < -0.4 is 10.6 Å². The smallest absolute Gasteiger partial charge is 0.258 e. The van der Waals surface area contributed by atoms with E-state index in [-0.39, 0.29) is 5.91 Å². The summed E-state index contributed by atoms with van der Waals surface area (Å²) in [6.07, 6.45) is 3.51. The first-order valence-electron chi connectivity index (χ1n) is 7.25. The van der Waals surface area contributed by atoms with Crippen molar-refractivity contribution < 1.29 is 4.79 Å². The van der Waals surface area contributed by atoms with Gasteiger partial charge in [0.25, 0.3) is 5.91 Å². The predicted octanol–water partition coefficient (Wildman–Crippen LogP) is 3.50. The number of aromatic nitrogens is 3. The van der Waals surface area contributed by atoms with Gasteiger partial charge >= 0.3 is 0 Å². The van der Waals surface area contributed by atoms with E-state index < -0.39 is 0 Å². The number of rotatable bonds is 5. The zero-order valence-corrected chi connectivity index (χ0v) is 14.2. The van der Waals surface area contributed by atoms with Crippen molar-refractivity contribution in [3.8, 4) is 0 Å². The molecular formula is C17H14BrN5O. The molecule has 120 valence electrons. The minimum Gasteiger partial charge on any atom is -0.364 e. The maximum atomic E-state index is 12.2. The molecule has 3 aromatic rings. The fourth-order valence-electron chi connectivity index (χ4n) is 2.02. The lowest BCUT2D eigenvalue weighted by molar-refractivity contribution is 0.102. The van der Waals surface area contributed by atoms with Gasteiger partial charge in [0.2, 0.25) is 0 Å². The quantitative estimate of drug-likeness (QED) is 0.704. The van der Waals surface area contributed by atoms with E-state index in [1.54, 1.807) is 36.7 Å². The maximum Gasteiger partial charge on any atom is 0.258 e. The minimum absolute atomic E-state index is 0.243. The highest BCUT2D eigenvalue weighted by atomic mass is 79.9. The Bertz CT molecular complexity index is 824. The molecule has 3 rings (SSSR count). The van der Waals surface area contributed by atoms with Gasteiger partial charge in [0.1, 0.15) is 5.82 Å². The number of pyridine rings is 1. The highest BCUT2D eigenvalue weighted by molar-refractivity contribution is 9.10. The molecule has 0 unspecified atom stereocenters. The third kappa shape index (κ3) is 4.14. The van der Waals surface area contributed by atoms with Crippen LogP contribution in [-0.4, -0.2) is 21.1 Å². The number of carbonyl (C=O) groups is 1. The summed E-state index contributed by atoms with van der Waals surface area (Å²) in [6.45, 7) is 0.602. The van der Waals surface area contributed by atoms with Crippen LogP contribution in [-0.2, 0) is 6.54 Å². The minimum atomic E-state index is -0.243. The van der Waals surface area contributed by atoms with E-state index >= 15 is 0 Å². The zero-order chi connectivity index (χ0) is 16.8. The number of hydrogen-bond acceptors (Lipinski definition) is 5. The largest absolute Gasteiger partial charge is 0.364 e. The van der Waals surface area contributed by atoms with Crippen LogP contribution in [0.25, 0.3) is 0 Å². The molecule has 1 amide bonds. The molecule has 0 saturated heterocycles. The van der Waals surface area contributed by atoms with Gasteiger partial charge in [-0.2, -0.15) is 0 Å². The molecule has 2 aromatic heterocycles. The third-order valence-electron chi connectivity index (χ3n) is 3.22. The van der Waals surface area contributed by atoms with Gasteiger partial charge in [-0.05, 0) is 51.8 Å². The van der Waals surface area contributed by atoms with Crippen LogP contribution >= 0.6 is 15.9 Å². The maximum absolute atomic E-state index is 12.2. The summed E-state index contributed by atoms with van der Waals surface area (Å²) in [5, 5.41) is 13.9. The topological polar surface area (TPSA) is 79.8 Å². The van der Waals surface area contributed by atoms with E-state index in [0.717, 1.165) is 10.0 Å². The van der Waals surface area contributed by atoms with E-state index in [0.29, 0.717) is 23.7 Å². The van der Waals surface area contributed by atoms with Crippen molar-refractivity contribution in [2.75, 3.05) is 10.6 Å². The van der Waals surface area contributed by atoms with Gasteiger partial charge < -0.3 is 10.6 Å². The molecular weight excluding hydrogens is 370 g/mol. The molecule has 7 heteroatoms. The van der Waals surface area contributed by atoms with Crippen molar-refractivity contribution in [2.24, 2.45) is 0 Å². The van der Waals surface area contributed by atoms with Gasteiger partial charge in [-0.3, -0.25) is 9.78 Å². The predicted molar refractivity (Wildman–Crippen MR) is 95.7 cm³/mol. The molecule has 0 atom stereocenters. The molecule has 0 aliphatic rings. The van der Waals surface area contributed by atoms with Gasteiger partial charge in [-0.25, -0.2) is 0 Å². The number of carbonyl (C=O) groups excluding carboxylic acids is 1. The summed E-state index contributed by atoms with van der Waals surface area (Å²) >= 11 is 3.35. The normalized spacial score (nSPS) is 10.2. The number of amides is 1. The molecule has 0 aliphatic heterocycles. The van der Waals surface area contributed by atoms with Crippen molar-refractivity contribution in [2.45, 2.75) is 6.54 Å². The Morgan fingerprint density at radius 3 is 2.50 bits per heavy atom. The Morgan fingerprint density at radius 2 is 1.79 bits per heavy atom. The first kappa shape index (κ1) is 16.1. The summed E-state index contributed by atoms with van der Waals surface area (Å²) in [7, 11) is 0. The monoisotopic (exact) mass is 383 g/mol. The van der Waals surface area contributed by atoms with E-state index in [4.69, 9.17) is 0 Å². The Balaban J connectivity index is 1.60. The lowest BCUT2D eigenvalue weighted by Crippen LogP contribution is -2.14. The second-order valence-corrected chi connectivity index (χ2v) is 5.81. The van der Waals surface area contributed by atoms with E-state index in [1.807, 2.05) is 24.3 Å². The number of benzene rings is 1. The second-order valence-electron chi connectivity index (χ2n) is 4.95. The Labute approximate surface area is 147 Å². The van der Waals surface area contributed by atoms with Crippen LogP contribution in [0.5, 0.6) is 0 Å². The van der Waals surface area contributed by atoms with Crippen molar-refractivity contribution >= 4 is 33.5 Å². The van der Waals surface area contributed by atoms with Crippen LogP contribution in [0.3, 0.4) is 0 Å². The Kier molecular flexibility index (Phi) is 5.12. The molecule has 0 radical (unpaired) electrons. The highest BCUT2D eigenvalue weighted by Gasteiger charge is 2.10. The number of anilines is 2. The van der Waals surface area contributed by atoms with E-state index in [9.17, 15) is 4.79 Å². The zero-order valence-electron chi connectivity index (χ0n) is 12.6. The van der Waals surface area contributed by atoms with E-state index in [2.05, 4.69) is 41.7 Å². The van der Waals surface area contributed by atoms with Crippen molar-refractivity contribution in [1.29, 1.82) is 0 Å². The molecule has 0 spiro atoms. The van der Waals surface area contributed by atoms with Gasteiger partial charge in [0, 0.05) is 23.4 Å². The van der Waals surface area contributed by atoms with Crippen LogP contribution in [0.1, 0.15) is 15.9 Å². The molecule has 2 heterocycles. The first-order valence-corrected chi connectivity index (χ1v) is 8.04. The number of hydrogen-bond donors (Lipinski definition) is 2. The Morgan fingerprint density at radius 1 is 1.00 bits per heavy atom. The molecule has 0 aliphatic carbocycles. The van der Waals surface area contributed by atoms with Crippen LogP contribution in [0.15, 0.2) is 65.4 Å². The first-order chi connectivity index (χ1) is 11.7. The van der Waals surface area contributed by atoms with Crippen molar-refractivity contribution in [3.63, 3.8) is 0 Å². The number of nitrogens with zero attached hydrogens (tertiary/aromatic N) is 3. The summed E-state index contributed by atoms with van der Waals surface area (Å²) in [6, 6.07) is 14.5. The van der Waals surface area contributed by atoms with Crippen LogP contribution in [0, 0.1) is 0 Å². The molecule has 6 nitrogen and oxygen atoms in total. The van der Waals surface area contributed by atoms with Crippen LogP contribution in [0.4, 0.5) is 11.6 Å². The number of halogens is 1. The standard InChI is InChI=1S/C17H14BrN5O/c18-14-6-2-1-5-13(14)17(24)21-16-8-7-15(22-23-16)20-11-12-4-3-9-19-10-12/h1-10H,11H2,(H,20,22)(H,21,23,24). The summed E-state index contributed by atoms with van der Waals surface area (Å²) in [5.41, 5.74) is 1.59. The summed E-state index contributed by atoms with van der Waals surface area (Å²) in [4.78, 5) is 16.3. The molecule has 0 bridgehead atoms. The van der Waals surface area contributed by atoms with Gasteiger partial charge in [-0.15, -0.1) is 10.2 Å². The Hall–Kier alpha value is -2.80. The summed E-state index contributed by atoms with van der Waals surface area (Å²) < 4.78 is 0.727. The van der Waals surface area contributed by atoms with E-state index in [1.165, 1.54) is 0 Å². The fraction of sp³-hybridized carbons (Fsp3) is 0.0588. The fourth-order valence-corrected chi connectivity index (χ4v) is 2.48. The molecule has 0 saturated carbocycles. The summed E-state index contributed by atoms with van der Waals surface area (Å²) in [5.74, 6) is 0.772. The highest BCUT2D eigenvalue weighted by Crippen LogP contribution is 2.17. The average molecular weight is 384 g/mol. The van der Waals surface area contributed by atoms with Gasteiger partial charge in [-0.1, -0.05) is 18.2 Å². The molecule has 2 N–H and O–H groups in total. The number of nitrogens with one attached hydrogen (secondary N) is 2. The molecule has 1 aromatic carbocycles. The lowest BCUT2D eigenvalue weighted by atomic mass is 10.2.